The van der Waals surface area contributed by atoms with Crippen LogP contribution in [0.25, 0.3) is 22.6 Å². The number of nitrogens with zero attached hydrogens (tertiary/aromatic N) is 3. The van der Waals surface area contributed by atoms with Crippen molar-refractivity contribution in [1.29, 1.82) is 0 Å². The van der Waals surface area contributed by atoms with Crippen LogP contribution in [-0.4, -0.2) is 25.1 Å². The van der Waals surface area contributed by atoms with Crippen molar-refractivity contribution >= 4 is 10.9 Å². The van der Waals surface area contributed by atoms with Crippen LogP contribution in [0.4, 0.5) is 13.2 Å². The zero-order valence-corrected chi connectivity index (χ0v) is 11.6. The first kappa shape index (κ1) is 13.9. The van der Waals surface area contributed by atoms with Gasteiger partial charge in [-0.2, -0.15) is 18.3 Å². The summed E-state index contributed by atoms with van der Waals surface area (Å²) in [5, 5.41) is 6.67. The van der Waals surface area contributed by atoms with Crippen LogP contribution in [0.15, 0.2) is 23.0 Å². The van der Waals surface area contributed by atoms with Crippen molar-refractivity contribution in [2.45, 2.75) is 24.9 Å². The summed E-state index contributed by atoms with van der Waals surface area (Å²) in [6, 6.07) is 2.86. The van der Waals surface area contributed by atoms with Crippen molar-refractivity contribution < 1.29 is 13.2 Å². The van der Waals surface area contributed by atoms with Gasteiger partial charge in [0.1, 0.15) is 5.82 Å². The van der Waals surface area contributed by atoms with Crippen LogP contribution in [0.2, 0.25) is 0 Å². The minimum absolute atomic E-state index is 0.124. The summed E-state index contributed by atoms with van der Waals surface area (Å²) in [5.41, 5.74) is -1.39. The first-order valence-corrected chi connectivity index (χ1v) is 6.96. The number of H-pyrrole nitrogens is 2. The molecule has 1 aliphatic rings. The van der Waals surface area contributed by atoms with Gasteiger partial charge < -0.3 is 4.98 Å². The summed E-state index contributed by atoms with van der Waals surface area (Å²) >= 11 is 0. The Balaban J connectivity index is 1.81. The van der Waals surface area contributed by atoms with Crippen LogP contribution < -0.4 is 5.56 Å². The lowest BCUT2D eigenvalue weighted by Gasteiger charge is -2.07. The van der Waals surface area contributed by atoms with E-state index in [2.05, 4.69) is 25.1 Å². The fraction of sp³-hybridized carbons (Fsp3) is 0.286. The Morgan fingerprint density at radius 2 is 1.96 bits per heavy atom. The summed E-state index contributed by atoms with van der Waals surface area (Å²) in [5.74, 6) is 1.45. The Morgan fingerprint density at radius 1 is 1.17 bits per heavy atom. The van der Waals surface area contributed by atoms with Crippen molar-refractivity contribution in [3.63, 3.8) is 0 Å². The monoisotopic (exact) mass is 321 g/mol. The second-order valence-electron chi connectivity index (χ2n) is 5.46. The molecule has 0 radical (unpaired) electrons. The molecule has 2 N–H and O–H groups in total. The van der Waals surface area contributed by atoms with E-state index in [1.54, 1.807) is 0 Å². The Morgan fingerprint density at radius 3 is 2.65 bits per heavy atom. The number of hydrogen-bond acceptors (Lipinski definition) is 4. The Kier molecular flexibility index (Phi) is 2.81. The zero-order chi connectivity index (χ0) is 16.2. The Bertz CT molecular complexity index is 955. The normalized spacial score (nSPS) is 15.3. The van der Waals surface area contributed by atoms with E-state index in [1.165, 1.54) is 6.07 Å². The number of nitrogens with one attached hydrogen (secondary N) is 2. The molecule has 118 valence electrons. The number of alkyl halides is 3. The zero-order valence-electron chi connectivity index (χ0n) is 11.6. The highest BCUT2D eigenvalue weighted by molar-refractivity contribution is 5.79. The van der Waals surface area contributed by atoms with Gasteiger partial charge in [-0.15, -0.1) is 0 Å². The molecule has 1 saturated carbocycles. The SMILES string of the molecule is O=c1[nH]c(-c2n[nH]c(C3CC3)n2)nc2ccc(C(F)(F)F)cc12. The molecule has 1 fully saturated rings. The predicted molar refractivity (Wildman–Crippen MR) is 74.7 cm³/mol. The van der Waals surface area contributed by atoms with Crippen LogP contribution >= 0.6 is 0 Å². The molecule has 0 spiro atoms. The minimum Gasteiger partial charge on any atom is -0.303 e. The number of rotatable bonds is 2. The molecule has 0 amide bonds. The Labute approximate surface area is 126 Å². The summed E-state index contributed by atoms with van der Waals surface area (Å²) in [6.07, 6.45) is -2.44. The first-order chi connectivity index (χ1) is 10.9. The van der Waals surface area contributed by atoms with Gasteiger partial charge in [0, 0.05) is 5.92 Å². The lowest BCUT2D eigenvalue weighted by atomic mass is 10.1. The van der Waals surface area contributed by atoms with E-state index in [0.717, 1.165) is 30.8 Å². The van der Waals surface area contributed by atoms with Gasteiger partial charge >= 0.3 is 6.18 Å². The molecule has 23 heavy (non-hydrogen) atoms. The largest absolute Gasteiger partial charge is 0.416 e. The fourth-order valence-corrected chi connectivity index (χ4v) is 2.34. The van der Waals surface area contributed by atoms with Crippen LogP contribution in [-0.2, 0) is 6.18 Å². The van der Waals surface area contributed by atoms with Crippen molar-refractivity contribution in [2.24, 2.45) is 0 Å². The summed E-state index contributed by atoms with van der Waals surface area (Å²) < 4.78 is 38.2. The first-order valence-electron chi connectivity index (χ1n) is 6.96. The highest BCUT2D eigenvalue weighted by atomic mass is 19.4. The maximum atomic E-state index is 12.7. The number of halogens is 3. The average Bonchev–Trinajstić information content (AvgIpc) is 3.23. The van der Waals surface area contributed by atoms with Crippen LogP contribution in [0.1, 0.15) is 30.1 Å². The summed E-state index contributed by atoms with van der Waals surface area (Å²) in [4.78, 5) is 22.9. The molecule has 9 heteroatoms. The molecular weight excluding hydrogens is 311 g/mol. The van der Waals surface area contributed by atoms with E-state index in [1.807, 2.05) is 0 Å². The van der Waals surface area contributed by atoms with Gasteiger partial charge in [0.05, 0.1) is 16.5 Å². The maximum Gasteiger partial charge on any atom is 0.416 e. The van der Waals surface area contributed by atoms with E-state index >= 15 is 0 Å². The average molecular weight is 321 g/mol. The number of aromatic nitrogens is 5. The van der Waals surface area contributed by atoms with Crippen molar-refractivity contribution in [3.05, 3.63) is 39.9 Å². The van der Waals surface area contributed by atoms with E-state index in [-0.39, 0.29) is 22.6 Å². The van der Waals surface area contributed by atoms with Gasteiger partial charge in [-0.3, -0.25) is 9.89 Å². The van der Waals surface area contributed by atoms with Crippen molar-refractivity contribution in [2.75, 3.05) is 0 Å². The van der Waals surface area contributed by atoms with E-state index in [0.29, 0.717) is 5.92 Å². The molecule has 2 heterocycles. The molecule has 2 aromatic heterocycles. The number of fused-ring (bicyclic) bond motifs is 1. The van der Waals surface area contributed by atoms with Gasteiger partial charge in [-0.25, -0.2) is 9.97 Å². The number of hydrogen-bond donors (Lipinski definition) is 2. The van der Waals surface area contributed by atoms with Crippen molar-refractivity contribution in [3.8, 4) is 11.6 Å². The van der Waals surface area contributed by atoms with Crippen LogP contribution in [0, 0.1) is 0 Å². The van der Waals surface area contributed by atoms with E-state index < -0.39 is 17.3 Å². The van der Waals surface area contributed by atoms with Gasteiger partial charge in [-0.05, 0) is 31.0 Å². The molecule has 6 nitrogen and oxygen atoms in total. The fourth-order valence-electron chi connectivity index (χ4n) is 2.34. The number of benzene rings is 1. The third-order valence-electron chi connectivity index (χ3n) is 3.71. The molecule has 1 aliphatic carbocycles. The standard InChI is InChI=1S/C14H10F3N5O/c15-14(16,17)7-3-4-9-8(5-7)13(23)20-11(18-9)12-19-10(21-22-12)6-1-2-6/h3-6H,1-2H2,(H,18,20,23)(H,19,21,22). The molecule has 0 unspecified atom stereocenters. The number of aromatic amines is 2. The second kappa shape index (κ2) is 4.64. The molecular formula is C14H10F3N5O. The smallest absolute Gasteiger partial charge is 0.303 e. The Hall–Kier alpha value is -2.71. The van der Waals surface area contributed by atoms with Crippen LogP contribution in [0.5, 0.6) is 0 Å². The summed E-state index contributed by atoms with van der Waals surface area (Å²) in [6.45, 7) is 0. The van der Waals surface area contributed by atoms with E-state index in [4.69, 9.17) is 0 Å². The quantitative estimate of drug-likeness (QED) is 0.759. The molecule has 0 aliphatic heterocycles. The third-order valence-corrected chi connectivity index (χ3v) is 3.71. The molecule has 1 aromatic carbocycles. The molecule has 0 atom stereocenters. The topological polar surface area (TPSA) is 87.3 Å². The second-order valence-corrected chi connectivity index (χ2v) is 5.46. The highest BCUT2D eigenvalue weighted by Crippen LogP contribution is 2.38. The minimum atomic E-state index is -4.51. The third kappa shape index (κ3) is 2.47. The van der Waals surface area contributed by atoms with Gasteiger partial charge in [-0.1, -0.05) is 0 Å². The molecule has 0 bridgehead atoms. The molecule has 3 aromatic rings. The van der Waals surface area contributed by atoms with Gasteiger partial charge in [0.25, 0.3) is 5.56 Å². The maximum absolute atomic E-state index is 12.7. The molecule has 0 saturated heterocycles. The molecule has 4 rings (SSSR count). The van der Waals surface area contributed by atoms with Gasteiger partial charge in [0.15, 0.2) is 5.82 Å². The predicted octanol–water partition coefficient (Wildman–Crippen LogP) is 2.60. The lowest BCUT2D eigenvalue weighted by Crippen LogP contribution is -2.12. The highest BCUT2D eigenvalue weighted by Gasteiger charge is 2.31. The van der Waals surface area contributed by atoms with E-state index in [9.17, 15) is 18.0 Å². The summed E-state index contributed by atoms with van der Waals surface area (Å²) in [7, 11) is 0. The van der Waals surface area contributed by atoms with Gasteiger partial charge in [0.2, 0.25) is 5.82 Å². The van der Waals surface area contributed by atoms with Crippen molar-refractivity contribution in [1.82, 2.24) is 25.1 Å². The van der Waals surface area contributed by atoms with Crippen LogP contribution in [0.3, 0.4) is 0 Å². The lowest BCUT2D eigenvalue weighted by molar-refractivity contribution is -0.137.